The van der Waals surface area contributed by atoms with Crippen LogP contribution in [0.1, 0.15) is 62.7 Å². The third-order valence-electron chi connectivity index (χ3n) is 7.14. The highest BCUT2D eigenvalue weighted by Gasteiger charge is 2.50. The topological polar surface area (TPSA) is 58.2 Å². The predicted molar refractivity (Wildman–Crippen MR) is 106 cm³/mol. The molecule has 4 bridgehead atoms. The quantitative estimate of drug-likeness (QED) is 0.779. The van der Waals surface area contributed by atoms with E-state index in [1.54, 1.807) is 0 Å². The molecule has 0 spiro atoms. The first-order valence-corrected chi connectivity index (χ1v) is 10.7. The zero-order chi connectivity index (χ0) is 19.9. The van der Waals surface area contributed by atoms with Gasteiger partial charge in [0.25, 0.3) is 5.91 Å². The van der Waals surface area contributed by atoms with Crippen LogP contribution >= 0.6 is 0 Å². The maximum atomic E-state index is 13.1. The Bertz CT molecular complexity index is 708. The third kappa shape index (κ3) is 3.94. The highest BCUT2D eigenvalue weighted by molar-refractivity contribution is 5.97. The molecule has 2 N–H and O–H groups in total. The molecule has 0 radical (unpaired) electrons. The SMILES string of the molecule is CC(C)[C@H](NC(=O)c1ccc(F)cc1)C(=O)NCC12CC3CC(CC(C3)C1)C2. The fraction of sp³-hybridized carbons (Fsp3) is 0.652. The number of carbonyl (C=O) groups excluding carboxylic acids is 2. The summed E-state index contributed by atoms with van der Waals surface area (Å²) >= 11 is 0. The Morgan fingerprint density at radius 1 is 1.04 bits per heavy atom. The maximum Gasteiger partial charge on any atom is 0.251 e. The average molecular weight is 387 g/mol. The highest BCUT2D eigenvalue weighted by Crippen LogP contribution is 2.59. The molecule has 0 heterocycles. The summed E-state index contributed by atoms with van der Waals surface area (Å²) in [6.07, 6.45) is 7.88. The van der Waals surface area contributed by atoms with Crippen LogP contribution in [0.2, 0.25) is 0 Å². The molecule has 28 heavy (non-hydrogen) atoms. The number of carbonyl (C=O) groups is 2. The standard InChI is InChI=1S/C23H31FN2O2/c1-14(2)20(26-21(27)18-3-5-19(24)6-4-18)22(28)25-13-23-10-15-7-16(11-23)9-17(8-15)12-23/h3-6,14-17,20H,7-13H2,1-2H3,(H,25,28)(H,26,27)/t15?,16?,17?,20-,23?/m0/s1. The minimum Gasteiger partial charge on any atom is -0.354 e. The molecule has 4 saturated carbocycles. The van der Waals surface area contributed by atoms with Gasteiger partial charge in [0.15, 0.2) is 0 Å². The van der Waals surface area contributed by atoms with Gasteiger partial charge in [-0.1, -0.05) is 13.8 Å². The molecule has 4 fully saturated rings. The van der Waals surface area contributed by atoms with E-state index in [-0.39, 0.29) is 29.0 Å². The summed E-state index contributed by atoms with van der Waals surface area (Å²) in [4.78, 5) is 25.4. The maximum absolute atomic E-state index is 13.1. The molecular formula is C23H31FN2O2. The van der Waals surface area contributed by atoms with Crippen molar-refractivity contribution in [3.63, 3.8) is 0 Å². The van der Waals surface area contributed by atoms with Gasteiger partial charge in [-0.15, -0.1) is 0 Å². The predicted octanol–water partition coefficient (Wildman–Crippen LogP) is 3.91. The van der Waals surface area contributed by atoms with Gasteiger partial charge < -0.3 is 10.6 Å². The van der Waals surface area contributed by atoms with E-state index in [0.717, 1.165) is 24.3 Å². The van der Waals surface area contributed by atoms with Crippen LogP contribution in [0, 0.1) is 34.9 Å². The second-order valence-electron chi connectivity index (χ2n) is 9.84. The Balaban J connectivity index is 1.37. The Kier molecular flexibility index (Phi) is 5.19. The number of benzene rings is 1. The van der Waals surface area contributed by atoms with Crippen molar-refractivity contribution in [1.29, 1.82) is 0 Å². The molecule has 4 aliphatic rings. The fourth-order valence-corrected chi connectivity index (χ4v) is 6.25. The lowest BCUT2D eigenvalue weighted by Crippen LogP contribution is -2.55. The molecule has 0 unspecified atom stereocenters. The first-order chi connectivity index (χ1) is 13.3. The van der Waals surface area contributed by atoms with Crippen molar-refractivity contribution in [3.05, 3.63) is 35.6 Å². The largest absolute Gasteiger partial charge is 0.354 e. The normalized spacial score (nSPS) is 31.6. The van der Waals surface area contributed by atoms with E-state index >= 15 is 0 Å². The second kappa shape index (κ2) is 7.49. The molecular weight excluding hydrogens is 355 g/mol. The lowest BCUT2D eigenvalue weighted by molar-refractivity contribution is -0.126. The number of halogens is 1. The molecule has 1 aromatic carbocycles. The summed E-state index contributed by atoms with van der Waals surface area (Å²) in [7, 11) is 0. The van der Waals surface area contributed by atoms with Crippen LogP contribution in [0.15, 0.2) is 24.3 Å². The van der Waals surface area contributed by atoms with Crippen molar-refractivity contribution in [2.24, 2.45) is 29.1 Å². The molecule has 5 rings (SSSR count). The van der Waals surface area contributed by atoms with E-state index in [0.29, 0.717) is 5.56 Å². The van der Waals surface area contributed by atoms with Crippen molar-refractivity contribution in [1.82, 2.24) is 10.6 Å². The smallest absolute Gasteiger partial charge is 0.251 e. The van der Waals surface area contributed by atoms with Gasteiger partial charge in [0, 0.05) is 12.1 Å². The zero-order valence-corrected chi connectivity index (χ0v) is 16.8. The van der Waals surface area contributed by atoms with Crippen molar-refractivity contribution in [3.8, 4) is 0 Å². The monoisotopic (exact) mass is 386 g/mol. The highest BCUT2D eigenvalue weighted by atomic mass is 19.1. The third-order valence-corrected chi connectivity index (χ3v) is 7.14. The van der Waals surface area contributed by atoms with Crippen LogP contribution in [0.3, 0.4) is 0 Å². The second-order valence-corrected chi connectivity index (χ2v) is 9.84. The fourth-order valence-electron chi connectivity index (χ4n) is 6.25. The first-order valence-electron chi connectivity index (χ1n) is 10.7. The lowest BCUT2D eigenvalue weighted by atomic mass is 9.49. The van der Waals surface area contributed by atoms with Crippen LogP contribution in [0.4, 0.5) is 4.39 Å². The summed E-state index contributed by atoms with van der Waals surface area (Å²) in [6.45, 7) is 4.59. The van der Waals surface area contributed by atoms with Crippen molar-refractivity contribution in [2.75, 3.05) is 6.54 Å². The summed E-state index contributed by atoms with van der Waals surface area (Å²) < 4.78 is 13.1. The minimum atomic E-state index is -0.591. The Labute approximate surface area is 166 Å². The zero-order valence-electron chi connectivity index (χ0n) is 16.8. The van der Waals surface area contributed by atoms with Gasteiger partial charge in [0.1, 0.15) is 11.9 Å². The molecule has 5 heteroatoms. The van der Waals surface area contributed by atoms with Crippen LogP contribution in [-0.4, -0.2) is 24.4 Å². The van der Waals surface area contributed by atoms with Crippen molar-refractivity contribution < 1.29 is 14.0 Å². The van der Waals surface area contributed by atoms with E-state index in [9.17, 15) is 14.0 Å². The molecule has 2 amide bonds. The number of rotatable bonds is 6. The summed E-state index contributed by atoms with van der Waals surface area (Å²) in [5, 5.41) is 6.01. The van der Waals surface area contributed by atoms with Gasteiger partial charge in [-0.3, -0.25) is 9.59 Å². The van der Waals surface area contributed by atoms with Crippen LogP contribution in [-0.2, 0) is 4.79 Å². The van der Waals surface area contributed by atoms with Gasteiger partial charge in [-0.2, -0.15) is 0 Å². The molecule has 0 aromatic heterocycles. The minimum absolute atomic E-state index is 0.0271. The number of amides is 2. The molecule has 0 saturated heterocycles. The van der Waals surface area contributed by atoms with E-state index in [2.05, 4.69) is 10.6 Å². The van der Waals surface area contributed by atoms with Crippen molar-refractivity contribution in [2.45, 2.75) is 58.4 Å². The Morgan fingerprint density at radius 2 is 1.57 bits per heavy atom. The van der Waals surface area contributed by atoms with Crippen LogP contribution in [0.25, 0.3) is 0 Å². The molecule has 1 atom stereocenters. The Morgan fingerprint density at radius 3 is 2.07 bits per heavy atom. The van der Waals surface area contributed by atoms with E-state index in [1.807, 2.05) is 13.8 Å². The summed E-state index contributed by atoms with van der Waals surface area (Å²) in [6, 6.07) is 4.80. The van der Waals surface area contributed by atoms with Gasteiger partial charge in [-0.05, 0) is 91.9 Å². The Hall–Kier alpha value is -1.91. The average Bonchev–Trinajstić information content (AvgIpc) is 2.63. The molecule has 1 aromatic rings. The molecule has 0 aliphatic heterocycles. The van der Waals surface area contributed by atoms with Crippen LogP contribution < -0.4 is 10.6 Å². The molecule has 4 nitrogen and oxygen atoms in total. The number of hydrogen-bond donors (Lipinski definition) is 2. The van der Waals surface area contributed by atoms with E-state index in [4.69, 9.17) is 0 Å². The van der Waals surface area contributed by atoms with Crippen LogP contribution in [0.5, 0.6) is 0 Å². The first kappa shape index (κ1) is 19.4. The van der Waals surface area contributed by atoms with Gasteiger partial charge in [0.2, 0.25) is 5.91 Å². The van der Waals surface area contributed by atoms with Gasteiger partial charge >= 0.3 is 0 Å². The number of hydrogen-bond acceptors (Lipinski definition) is 2. The van der Waals surface area contributed by atoms with Gasteiger partial charge in [0.05, 0.1) is 0 Å². The molecule has 4 aliphatic carbocycles. The lowest BCUT2D eigenvalue weighted by Gasteiger charge is -2.57. The molecule has 152 valence electrons. The van der Waals surface area contributed by atoms with E-state index in [1.165, 1.54) is 62.8 Å². The number of nitrogens with one attached hydrogen (secondary N) is 2. The van der Waals surface area contributed by atoms with E-state index < -0.39 is 6.04 Å². The van der Waals surface area contributed by atoms with Crippen molar-refractivity contribution >= 4 is 11.8 Å². The van der Waals surface area contributed by atoms with Gasteiger partial charge in [-0.25, -0.2) is 4.39 Å². The summed E-state index contributed by atoms with van der Waals surface area (Å²) in [5.74, 6) is 1.68. The summed E-state index contributed by atoms with van der Waals surface area (Å²) in [5.41, 5.74) is 0.633.